The number of methoxy groups -OCH3 is 1. The molecule has 0 saturated carbocycles. The molecule has 0 aromatic heterocycles. The van der Waals surface area contributed by atoms with Gasteiger partial charge in [-0.15, -0.1) is 0 Å². The molecule has 0 aromatic carbocycles. The van der Waals surface area contributed by atoms with E-state index < -0.39 is 14.6 Å². The van der Waals surface area contributed by atoms with Gasteiger partial charge in [0, 0.05) is 211 Å². The number of hydrogen-bond donors (Lipinski definition) is 0. The van der Waals surface area contributed by atoms with Gasteiger partial charge in [-0.3, -0.25) is 29.4 Å². The maximum Gasteiger partial charge on any atom is 0.170 e. The highest BCUT2D eigenvalue weighted by molar-refractivity contribution is 7.92. The van der Waals surface area contributed by atoms with Crippen molar-refractivity contribution in [1.29, 1.82) is 0 Å². The van der Waals surface area contributed by atoms with E-state index in [1.807, 2.05) is 20.8 Å². The maximum absolute atomic E-state index is 10.7. The van der Waals surface area contributed by atoms with Crippen LogP contribution in [0, 0.1) is 10.8 Å². The van der Waals surface area contributed by atoms with Crippen molar-refractivity contribution in [2.45, 2.75) is 475 Å². The Hall–Kier alpha value is -2.07. The molecule has 0 radical (unpaired) electrons. The molecule has 800 valence electrons. The van der Waals surface area contributed by atoms with Crippen molar-refractivity contribution in [3.63, 3.8) is 0 Å². The second-order valence-electron chi connectivity index (χ2n) is 51.0. The molecule has 2 spiro atoms. The number of ether oxygens (including phenoxy) is 8. The number of sulfone groups is 1. The maximum atomic E-state index is 10.7. The monoisotopic (exact) mass is 1910 g/mol. The summed E-state index contributed by atoms with van der Waals surface area (Å²) in [7, 11) is -1.13. The van der Waals surface area contributed by atoms with E-state index in [2.05, 4.69) is 302 Å². The van der Waals surface area contributed by atoms with Crippen LogP contribution in [0.5, 0.6) is 0 Å². The zero-order chi connectivity index (χ0) is 98.5. The van der Waals surface area contributed by atoms with Crippen molar-refractivity contribution >= 4 is 9.84 Å². The summed E-state index contributed by atoms with van der Waals surface area (Å²) < 4.78 is 64.5. The quantitative estimate of drug-likeness (QED) is 0.204. The molecule has 4 unspecified atom stereocenters. The minimum Gasteiger partial charge on any atom is -0.380 e. The zero-order valence-corrected chi connectivity index (χ0v) is 93.1. The fourth-order valence-corrected chi connectivity index (χ4v) is 17.0. The molecule has 12 rings (SSSR count). The molecule has 12 saturated heterocycles. The molecule has 0 aromatic rings. The Bertz CT molecular complexity index is 3030. The van der Waals surface area contributed by atoms with Gasteiger partial charge in [0.1, 0.15) is 0 Å². The highest BCUT2D eigenvalue weighted by atomic mass is 32.2. The van der Waals surface area contributed by atoms with Crippen molar-refractivity contribution in [1.82, 2.24) is 53.9 Å². The average molecular weight is 1920 g/mol. The van der Waals surface area contributed by atoms with E-state index in [1.165, 1.54) is 153 Å². The van der Waals surface area contributed by atoms with Crippen molar-refractivity contribution in [3.8, 4) is 0 Å². The van der Waals surface area contributed by atoms with Crippen LogP contribution in [0.25, 0.3) is 0 Å². The summed E-state index contributed by atoms with van der Waals surface area (Å²) in [6.45, 7) is 128. The second kappa shape index (κ2) is 59.2. The largest absolute Gasteiger partial charge is 0.380 e. The fourth-order valence-electron chi connectivity index (χ4n) is 17.0. The third kappa shape index (κ3) is 56.5. The number of hydrogen-bond acceptors (Lipinski definition) is 21. The molecule has 4 bridgehead atoms. The van der Waals surface area contributed by atoms with Gasteiger partial charge in [-0.2, -0.15) is 0 Å². The van der Waals surface area contributed by atoms with Crippen LogP contribution in [0.3, 0.4) is 0 Å². The lowest BCUT2D eigenvalue weighted by molar-refractivity contribution is -0.207. The van der Waals surface area contributed by atoms with Gasteiger partial charge >= 0.3 is 0 Å². The van der Waals surface area contributed by atoms with Crippen LogP contribution < -0.4 is 0 Å². The summed E-state index contributed by atoms with van der Waals surface area (Å²) in [5.74, 6) is -0.220. The van der Waals surface area contributed by atoms with Gasteiger partial charge in [-0.1, -0.05) is 90.5 Å². The number of rotatable bonds is 10. The van der Waals surface area contributed by atoms with Crippen LogP contribution in [0.15, 0.2) is 36.8 Å². The molecule has 4 atom stereocenters. The summed E-state index contributed by atoms with van der Waals surface area (Å²) in [4.78, 5) is 27.8. The van der Waals surface area contributed by atoms with Gasteiger partial charge in [-0.25, -0.2) is 8.42 Å². The molecule has 22 heteroatoms. The molecule has 0 amide bonds. The molecule has 133 heavy (non-hydrogen) atoms. The average Bonchev–Trinajstić information content (AvgIpc) is 1.61. The molecule has 0 aliphatic carbocycles. The van der Waals surface area contributed by atoms with Gasteiger partial charge in [0.25, 0.3) is 0 Å². The predicted octanol–water partition coefficient (Wildman–Crippen LogP) is 23.6. The van der Waals surface area contributed by atoms with E-state index in [1.54, 1.807) is 27.9 Å². The van der Waals surface area contributed by atoms with Gasteiger partial charge in [-0.05, 0) is 332 Å². The minimum atomic E-state index is -2.84. The lowest BCUT2D eigenvalue weighted by Crippen LogP contribution is -2.69. The second-order valence-corrected chi connectivity index (χ2v) is 53.8. The first-order valence-corrected chi connectivity index (χ1v) is 52.2. The standard InChI is InChI=1S/2C13H24N2.C11H22N2.C11H21NO2.2C11H23NO.C9H17NO.C9H20O.C8H17NO.C5H12O2S.C5H12O.5CH4/c2*1-10(2)15-11-6-7-12(15)9-14(8-11)13(3,4)5;1-10(2)12-6-8-13(9-7-12)11(3,4)5;1-10(2,3)12-6-4-11(5-7-12)13-8-9-14-11;2*1-11(2,3)13-10-9-12-7-5-4-6-8-12;1-8(2,3)10-4-9(5-10)6-11-7-9;1-8(2,3)7-10-9(4,5)6;1-8(2,3)9-4-6-10-7-5-9;1-5(2,3)8(4,6)7;1-5(2,3)6-4;;;;;/h2*11-12H,1,6-9H2,2-5H3;1,6-9H2,2-5H3;4-9H2,1-3H3;2*4-10H2,1-3H3;4-7H2,1-3H3;7H2,1-6H3;4-7H2,1-3H3;1-4H3;1-4H3;5*1H4. The highest BCUT2D eigenvalue weighted by Crippen LogP contribution is 2.42. The number of nitrogens with zero attached hydrogens (tertiary/aromatic N) is 11. The molecule has 12 fully saturated rings. The lowest BCUT2D eigenvalue weighted by Gasteiger charge is -2.59. The van der Waals surface area contributed by atoms with Crippen LogP contribution in [0.4, 0.5) is 0 Å². The van der Waals surface area contributed by atoms with Crippen LogP contribution >= 0.6 is 0 Å². The van der Waals surface area contributed by atoms with E-state index in [9.17, 15) is 8.42 Å². The summed E-state index contributed by atoms with van der Waals surface area (Å²) in [6.07, 6.45) is 17.0. The fraction of sp³-hybridized carbons (Fsp3) is 0.946. The normalized spacial score (nSPS) is 22.9. The molecular weight excluding hydrogens is 1680 g/mol. The van der Waals surface area contributed by atoms with E-state index in [0.29, 0.717) is 33.1 Å². The third-order valence-corrected chi connectivity index (χ3v) is 28.2. The summed E-state index contributed by atoms with van der Waals surface area (Å²) in [5.41, 5.74) is 6.61. The number of likely N-dealkylation sites (tertiary alicyclic amines) is 6. The van der Waals surface area contributed by atoms with Crippen molar-refractivity contribution in [2.24, 2.45) is 10.8 Å². The Morgan fingerprint density at radius 2 is 0.647 bits per heavy atom. The Labute approximate surface area is 831 Å². The Morgan fingerprint density at radius 1 is 0.361 bits per heavy atom. The van der Waals surface area contributed by atoms with Gasteiger partial charge in [0.2, 0.25) is 0 Å². The molecule has 12 heterocycles. The molecular formula is C111H235N11O10S. The number of fused-ring (bicyclic) bond motifs is 4. The lowest BCUT2D eigenvalue weighted by atomic mass is 9.75. The van der Waals surface area contributed by atoms with Crippen molar-refractivity contribution < 1.29 is 46.3 Å². The Morgan fingerprint density at radius 3 is 0.865 bits per heavy atom. The first kappa shape index (κ1) is 137. The topological polar surface area (TPSA) is 144 Å². The summed E-state index contributed by atoms with van der Waals surface area (Å²) in [5, 5.41) is 0. The summed E-state index contributed by atoms with van der Waals surface area (Å²) >= 11 is 0. The SMILES string of the molecule is C.C.C.C.C.C=C(C)N1C2CCC1CN(C(C)(C)C)C2.C=C(C)N1C2CCC1CN(C(C)(C)C)C2.C=C(C)N1CCN(C(C)(C)C)CC1.CC(C)(C)COC(C)(C)C.CC(C)(C)N1CC2(COC2)C1.CC(C)(C)N1CCC2(CC1)OCCO2.CC(C)(C)N1CCOCC1.CC(C)(C)OCCN1CCCCC1.CC(C)(C)OCCN1CCCCC1.CC(C)(C)S(C)(=O)=O.COC(C)(C)C. The van der Waals surface area contributed by atoms with E-state index in [4.69, 9.17) is 37.9 Å². The van der Waals surface area contributed by atoms with Crippen LogP contribution in [0.2, 0.25) is 0 Å². The smallest absolute Gasteiger partial charge is 0.170 e. The van der Waals surface area contributed by atoms with Gasteiger partial charge in [0.15, 0.2) is 15.6 Å². The van der Waals surface area contributed by atoms with E-state index >= 15 is 0 Å². The van der Waals surface area contributed by atoms with Crippen LogP contribution in [0.1, 0.15) is 384 Å². The summed E-state index contributed by atoms with van der Waals surface area (Å²) in [6, 6.07) is 2.89. The van der Waals surface area contributed by atoms with Crippen LogP contribution in [-0.2, 0) is 47.7 Å². The molecule has 12 aliphatic heterocycles. The first-order valence-electron chi connectivity index (χ1n) is 50.3. The first-order chi connectivity index (χ1) is 58.0. The van der Waals surface area contributed by atoms with Gasteiger partial charge < -0.3 is 62.4 Å². The third-order valence-electron chi connectivity index (χ3n) is 26.0. The Kier molecular flexibility index (Phi) is 61.1. The van der Waals surface area contributed by atoms with Crippen molar-refractivity contribution in [2.75, 3.05) is 204 Å². The molecule has 21 nitrogen and oxygen atoms in total. The van der Waals surface area contributed by atoms with Crippen molar-refractivity contribution in [3.05, 3.63) is 36.8 Å². The molecule has 12 aliphatic rings. The number of morpholine rings is 1. The predicted molar refractivity (Wildman–Crippen MR) is 581 cm³/mol. The molecule has 0 N–H and O–H groups in total. The minimum absolute atomic E-state index is 0. The Balaban J connectivity index is -0.000000690. The number of piperazine rings is 3. The number of allylic oxidation sites excluding steroid dienone is 3. The highest BCUT2D eigenvalue weighted by Gasteiger charge is 2.52. The zero-order valence-electron chi connectivity index (χ0n) is 92.3. The number of piperidine rings is 3. The van der Waals surface area contributed by atoms with Gasteiger partial charge in [0.05, 0.1) is 86.6 Å². The van der Waals surface area contributed by atoms with Crippen LogP contribution in [-0.4, -0.2) is 356 Å². The van der Waals surface area contributed by atoms with E-state index in [-0.39, 0.29) is 76.3 Å². The van der Waals surface area contributed by atoms with E-state index in [0.717, 1.165) is 162 Å².